The molecule has 0 fully saturated rings. The van der Waals surface area contributed by atoms with Gasteiger partial charge in [0.1, 0.15) is 6.04 Å². The molecule has 0 saturated heterocycles. The number of aliphatic carboxylic acids is 1. The van der Waals surface area contributed by atoms with E-state index >= 15 is 0 Å². The third-order valence-corrected chi connectivity index (χ3v) is 5.58. The average Bonchev–Trinajstić information content (AvgIpc) is 2.43. The molecule has 0 aromatic carbocycles. The maximum atomic E-state index is 12.4. The number of nitrogens with one attached hydrogen (secondary N) is 1. The lowest BCUT2D eigenvalue weighted by atomic mass is 10.2. The monoisotopic (exact) mass is 337 g/mol. The van der Waals surface area contributed by atoms with Crippen molar-refractivity contribution in [3.8, 4) is 0 Å². The number of ether oxygens (including phenoxy) is 1. The normalized spacial score (nSPS) is 13.1. The molecule has 7 nitrogen and oxygen atoms in total. The Hall–Kier alpha value is -1.15. The molecule has 130 valence electrons. The van der Waals surface area contributed by atoms with Crippen LogP contribution in [0.1, 0.15) is 46.0 Å². The summed E-state index contributed by atoms with van der Waals surface area (Å²) in [6.45, 7) is 3.93. The van der Waals surface area contributed by atoms with Crippen molar-refractivity contribution >= 4 is 21.7 Å². The SMILES string of the molecule is CCCC(CCC)S(=O)(=O)C[C@@H](NC(=O)CCOC)C(=O)O. The van der Waals surface area contributed by atoms with Crippen molar-refractivity contribution in [1.82, 2.24) is 5.32 Å². The summed E-state index contributed by atoms with van der Waals surface area (Å²) in [6.07, 6.45) is 2.41. The van der Waals surface area contributed by atoms with Crippen molar-refractivity contribution in [2.24, 2.45) is 0 Å². The van der Waals surface area contributed by atoms with Crippen molar-refractivity contribution in [1.29, 1.82) is 0 Å². The second-order valence-electron chi connectivity index (χ2n) is 5.23. The second-order valence-corrected chi connectivity index (χ2v) is 7.56. The van der Waals surface area contributed by atoms with Crippen LogP contribution in [0.3, 0.4) is 0 Å². The van der Waals surface area contributed by atoms with Crippen molar-refractivity contribution in [3.63, 3.8) is 0 Å². The predicted molar refractivity (Wildman–Crippen MR) is 83.5 cm³/mol. The fraction of sp³-hybridized carbons (Fsp3) is 0.857. The molecule has 0 spiro atoms. The number of carboxylic acid groups (broad SMARTS) is 1. The molecule has 22 heavy (non-hydrogen) atoms. The van der Waals surface area contributed by atoms with Gasteiger partial charge in [0.25, 0.3) is 0 Å². The number of carboxylic acids is 1. The Bertz CT molecular complexity index is 442. The highest BCUT2D eigenvalue weighted by molar-refractivity contribution is 7.92. The quantitative estimate of drug-likeness (QED) is 0.549. The van der Waals surface area contributed by atoms with E-state index < -0.39 is 38.8 Å². The van der Waals surface area contributed by atoms with Gasteiger partial charge in [-0.25, -0.2) is 13.2 Å². The Balaban J connectivity index is 4.90. The first kappa shape index (κ1) is 20.9. The summed E-state index contributed by atoms with van der Waals surface area (Å²) < 4.78 is 29.5. The van der Waals surface area contributed by atoms with Crippen LogP contribution in [0.2, 0.25) is 0 Å². The van der Waals surface area contributed by atoms with Crippen LogP contribution in [0.4, 0.5) is 0 Å². The van der Waals surface area contributed by atoms with Crippen LogP contribution in [-0.4, -0.2) is 56.2 Å². The number of sulfone groups is 1. The van der Waals surface area contributed by atoms with E-state index in [4.69, 9.17) is 9.84 Å². The molecule has 0 rings (SSSR count). The van der Waals surface area contributed by atoms with Gasteiger partial charge in [0, 0.05) is 13.5 Å². The van der Waals surface area contributed by atoms with Crippen LogP contribution in [0.5, 0.6) is 0 Å². The maximum Gasteiger partial charge on any atom is 0.327 e. The van der Waals surface area contributed by atoms with Crippen molar-refractivity contribution in [2.45, 2.75) is 57.2 Å². The van der Waals surface area contributed by atoms with Gasteiger partial charge in [-0.1, -0.05) is 26.7 Å². The number of hydrogen-bond acceptors (Lipinski definition) is 5. The number of rotatable bonds is 12. The predicted octanol–water partition coefficient (Wildman–Crippen LogP) is 0.976. The fourth-order valence-electron chi connectivity index (χ4n) is 2.15. The molecule has 1 atom stereocenters. The van der Waals surface area contributed by atoms with E-state index in [0.717, 1.165) is 0 Å². The minimum Gasteiger partial charge on any atom is -0.480 e. The minimum atomic E-state index is -3.58. The van der Waals surface area contributed by atoms with E-state index in [1.807, 2.05) is 13.8 Å². The molecule has 0 unspecified atom stereocenters. The van der Waals surface area contributed by atoms with Crippen LogP contribution in [0.15, 0.2) is 0 Å². The van der Waals surface area contributed by atoms with Crippen molar-refractivity contribution in [3.05, 3.63) is 0 Å². The van der Waals surface area contributed by atoms with Crippen molar-refractivity contribution < 1.29 is 27.9 Å². The zero-order chi connectivity index (χ0) is 17.2. The lowest BCUT2D eigenvalue weighted by Crippen LogP contribution is -2.47. The molecule has 0 aromatic heterocycles. The standard InChI is InChI=1S/C14H27NO6S/c1-4-6-11(7-5-2)22(19,20)10-12(14(17)18)15-13(16)8-9-21-3/h11-12H,4-10H2,1-3H3,(H,15,16)(H,17,18)/t12-/m1/s1. The highest BCUT2D eigenvalue weighted by atomic mass is 32.2. The lowest BCUT2D eigenvalue weighted by molar-refractivity contribution is -0.141. The lowest BCUT2D eigenvalue weighted by Gasteiger charge is -2.20. The van der Waals surface area contributed by atoms with Crippen LogP contribution in [0.25, 0.3) is 0 Å². The first-order chi connectivity index (χ1) is 10.3. The summed E-state index contributed by atoms with van der Waals surface area (Å²) in [6, 6.07) is -1.43. The first-order valence-electron chi connectivity index (χ1n) is 7.51. The third-order valence-electron chi connectivity index (χ3n) is 3.29. The highest BCUT2D eigenvalue weighted by Gasteiger charge is 2.31. The number of carbonyl (C=O) groups is 2. The van der Waals surface area contributed by atoms with Crippen LogP contribution < -0.4 is 5.32 Å². The Kier molecular flexibility index (Phi) is 10.0. The topological polar surface area (TPSA) is 110 Å². The molecule has 0 radical (unpaired) electrons. The molecule has 0 saturated carbocycles. The molecule has 8 heteroatoms. The zero-order valence-corrected chi connectivity index (χ0v) is 14.3. The smallest absolute Gasteiger partial charge is 0.327 e. The summed E-state index contributed by atoms with van der Waals surface area (Å²) in [5.74, 6) is -2.46. The Morgan fingerprint density at radius 2 is 1.73 bits per heavy atom. The van der Waals surface area contributed by atoms with Gasteiger partial charge in [-0.05, 0) is 12.8 Å². The fourth-order valence-corrected chi connectivity index (χ4v) is 4.30. The van der Waals surface area contributed by atoms with Gasteiger partial charge in [0.2, 0.25) is 5.91 Å². The van der Waals surface area contributed by atoms with E-state index in [1.54, 1.807) is 0 Å². The number of amides is 1. The molecule has 2 N–H and O–H groups in total. The van der Waals surface area contributed by atoms with E-state index in [-0.39, 0.29) is 13.0 Å². The van der Waals surface area contributed by atoms with Gasteiger partial charge in [0.05, 0.1) is 17.6 Å². The van der Waals surface area contributed by atoms with Crippen LogP contribution >= 0.6 is 0 Å². The number of hydrogen-bond donors (Lipinski definition) is 2. The van der Waals surface area contributed by atoms with Gasteiger partial charge in [-0.3, -0.25) is 4.79 Å². The minimum absolute atomic E-state index is 0.00627. The molecule has 0 aromatic rings. The summed E-state index contributed by atoms with van der Waals surface area (Å²) in [7, 11) is -2.16. The maximum absolute atomic E-state index is 12.4. The van der Waals surface area contributed by atoms with Gasteiger partial charge in [0.15, 0.2) is 9.84 Å². The highest BCUT2D eigenvalue weighted by Crippen LogP contribution is 2.16. The summed E-state index contributed by atoms with van der Waals surface area (Å²) in [4.78, 5) is 22.8. The molecule has 1 amide bonds. The van der Waals surface area contributed by atoms with E-state index in [2.05, 4.69) is 5.32 Å². The average molecular weight is 337 g/mol. The number of carbonyl (C=O) groups excluding carboxylic acids is 1. The Morgan fingerprint density at radius 3 is 2.14 bits per heavy atom. The zero-order valence-electron chi connectivity index (χ0n) is 13.5. The molecular weight excluding hydrogens is 310 g/mol. The second kappa shape index (κ2) is 10.6. The first-order valence-corrected chi connectivity index (χ1v) is 9.22. The third kappa shape index (κ3) is 7.74. The van der Waals surface area contributed by atoms with E-state index in [1.165, 1.54) is 7.11 Å². The van der Waals surface area contributed by atoms with E-state index in [0.29, 0.717) is 25.7 Å². The van der Waals surface area contributed by atoms with E-state index in [9.17, 15) is 18.0 Å². The molecule has 0 heterocycles. The summed E-state index contributed by atoms with van der Waals surface area (Å²) in [5.41, 5.74) is 0. The van der Waals surface area contributed by atoms with Crippen LogP contribution in [0, 0.1) is 0 Å². The molecule has 0 aliphatic carbocycles. The summed E-state index contributed by atoms with van der Waals surface area (Å²) in [5, 5.41) is 10.8. The Labute approximate surface area is 132 Å². The molecular formula is C14H27NO6S. The number of methoxy groups -OCH3 is 1. The molecule has 0 bridgehead atoms. The largest absolute Gasteiger partial charge is 0.480 e. The molecule has 0 aliphatic heterocycles. The van der Waals surface area contributed by atoms with Gasteiger partial charge in [-0.2, -0.15) is 0 Å². The van der Waals surface area contributed by atoms with Crippen molar-refractivity contribution in [2.75, 3.05) is 19.5 Å². The van der Waals surface area contributed by atoms with Gasteiger partial charge in [-0.15, -0.1) is 0 Å². The summed E-state index contributed by atoms with van der Waals surface area (Å²) >= 11 is 0. The Morgan fingerprint density at radius 1 is 1.18 bits per heavy atom. The van der Waals surface area contributed by atoms with Crippen LogP contribution in [-0.2, 0) is 24.2 Å². The molecule has 0 aliphatic rings. The van der Waals surface area contributed by atoms with Gasteiger partial charge >= 0.3 is 5.97 Å². The van der Waals surface area contributed by atoms with Gasteiger partial charge < -0.3 is 15.2 Å².